The van der Waals surface area contributed by atoms with Gasteiger partial charge in [0.2, 0.25) is 11.1 Å². The van der Waals surface area contributed by atoms with Crippen molar-refractivity contribution in [3.63, 3.8) is 0 Å². The molecule has 7 nitrogen and oxygen atoms in total. The topological polar surface area (TPSA) is 89.1 Å². The van der Waals surface area contributed by atoms with Crippen LogP contribution in [0, 0.1) is 6.92 Å². The predicted octanol–water partition coefficient (Wildman–Crippen LogP) is 3.22. The Labute approximate surface area is 160 Å². The van der Waals surface area contributed by atoms with E-state index in [0.29, 0.717) is 29.9 Å². The number of aromatic nitrogens is 3. The molecule has 2 aromatic carbocycles. The summed E-state index contributed by atoms with van der Waals surface area (Å²) in [6, 6.07) is 13.2. The van der Waals surface area contributed by atoms with Gasteiger partial charge < -0.3 is 14.8 Å². The van der Waals surface area contributed by atoms with Crippen LogP contribution in [0.4, 0.5) is 5.69 Å². The first-order chi connectivity index (χ1) is 13.2. The van der Waals surface area contributed by atoms with Gasteiger partial charge in [0.05, 0.1) is 12.1 Å². The van der Waals surface area contributed by atoms with E-state index in [1.165, 1.54) is 11.8 Å². The number of ether oxygens (including phenoxy) is 2. The number of aryl methyl sites for hydroxylation is 1. The number of H-pyrrole nitrogens is 1. The normalized spacial score (nSPS) is 12.6. The number of para-hydroxylation sites is 1. The van der Waals surface area contributed by atoms with Crippen molar-refractivity contribution in [3.05, 3.63) is 53.9 Å². The van der Waals surface area contributed by atoms with Gasteiger partial charge in [-0.3, -0.25) is 9.89 Å². The quantitative estimate of drug-likeness (QED) is 0.704. The number of carbonyl (C=O) groups excluding carboxylic acids is 1. The van der Waals surface area contributed by atoms with Gasteiger partial charge in [-0.15, -0.1) is 5.10 Å². The molecule has 27 heavy (non-hydrogen) atoms. The number of nitrogens with one attached hydrogen (secondary N) is 2. The molecule has 0 saturated carbocycles. The fourth-order valence-electron chi connectivity index (χ4n) is 2.70. The van der Waals surface area contributed by atoms with Gasteiger partial charge in [-0.25, -0.2) is 4.98 Å². The van der Waals surface area contributed by atoms with Crippen LogP contribution in [0.2, 0.25) is 0 Å². The molecular formula is C19H18N4O3S. The molecule has 2 N–H and O–H groups in total. The summed E-state index contributed by atoms with van der Waals surface area (Å²) in [5.74, 6) is 2.04. The zero-order valence-electron chi connectivity index (χ0n) is 14.7. The second-order valence-electron chi connectivity index (χ2n) is 6.00. The van der Waals surface area contributed by atoms with Gasteiger partial charge in [0, 0.05) is 4.90 Å². The van der Waals surface area contributed by atoms with Gasteiger partial charge >= 0.3 is 0 Å². The van der Waals surface area contributed by atoms with Gasteiger partial charge in [0.25, 0.3) is 0 Å². The van der Waals surface area contributed by atoms with Crippen LogP contribution in [-0.4, -0.2) is 34.3 Å². The molecule has 0 aliphatic carbocycles. The number of carbonyl (C=O) groups is 1. The van der Waals surface area contributed by atoms with E-state index < -0.39 is 0 Å². The molecule has 0 spiro atoms. The SMILES string of the molecule is Cc1nc(Sc2ccccc2NC(=O)Cc2ccc3c(c2)OCCO3)n[nH]1. The van der Waals surface area contributed by atoms with Crippen molar-refractivity contribution in [1.82, 2.24) is 15.2 Å². The summed E-state index contributed by atoms with van der Waals surface area (Å²) in [6.07, 6.45) is 0.245. The Bertz CT molecular complexity index is 973. The summed E-state index contributed by atoms with van der Waals surface area (Å²) in [5, 5.41) is 10.5. The third-order valence-corrected chi connectivity index (χ3v) is 4.85. The highest BCUT2D eigenvalue weighted by Gasteiger charge is 2.14. The first-order valence-electron chi connectivity index (χ1n) is 8.51. The minimum absolute atomic E-state index is 0.106. The summed E-state index contributed by atoms with van der Waals surface area (Å²) in [4.78, 5) is 17.7. The Morgan fingerprint density at radius 3 is 2.81 bits per heavy atom. The summed E-state index contributed by atoms with van der Waals surface area (Å²) in [6.45, 7) is 2.91. The molecule has 4 rings (SSSR count). The van der Waals surface area contributed by atoms with E-state index in [1.54, 1.807) is 0 Å². The van der Waals surface area contributed by atoms with Crippen LogP contribution in [0.5, 0.6) is 11.5 Å². The molecule has 0 radical (unpaired) electrons. The highest BCUT2D eigenvalue weighted by atomic mass is 32.2. The third-order valence-electron chi connectivity index (χ3n) is 3.91. The van der Waals surface area contributed by atoms with Crippen LogP contribution in [0.3, 0.4) is 0 Å². The summed E-state index contributed by atoms with van der Waals surface area (Å²) in [5.41, 5.74) is 1.60. The maximum Gasteiger partial charge on any atom is 0.228 e. The third kappa shape index (κ3) is 4.22. The van der Waals surface area contributed by atoms with Crippen LogP contribution in [-0.2, 0) is 11.2 Å². The second-order valence-corrected chi connectivity index (χ2v) is 7.01. The second kappa shape index (κ2) is 7.71. The lowest BCUT2D eigenvalue weighted by molar-refractivity contribution is -0.115. The van der Waals surface area contributed by atoms with Crippen LogP contribution >= 0.6 is 11.8 Å². The number of anilines is 1. The summed E-state index contributed by atoms with van der Waals surface area (Å²) < 4.78 is 11.1. The minimum atomic E-state index is -0.106. The lowest BCUT2D eigenvalue weighted by Gasteiger charge is -2.18. The van der Waals surface area contributed by atoms with Crippen molar-refractivity contribution in [2.45, 2.75) is 23.4 Å². The molecule has 0 saturated heterocycles. The van der Waals surface area contributed by atoms with Crippen LogP contribution in [0.15, 0.2) is 52.5 Å². The molecule has 1 aromatic heterocycles. The molecule has 138 valence electrons. The first kappa shape index (κ1) is 17.4. The highest BCUT2D eigenvalue weighted by molar-refractivity contribution is 7.99. The number of hydrogen-bond acceptors (Lipinski definition) is 6. The van der Waals surface area contributed by atoms with Crippen molar-refractivity contribution in [2.24, 2.45) is 0 Å². The maximum absolute atomic E-state index is 12.5. The molecule has 1 aliphatic heterocycles. The molecule has 0 atom stereocenters. The molecule has 2 heterocycles. The molecule has 0 fully saturated rings. The van der Waals surface area contributed by atoms with Crippen molar-refractivity contribution in [2.75, 3.05) is 18.5 Å². The van der Waals surface area contributed by atoms with Gasteiger partial charge in [-0.1, -0.05) is 18.2 Å². The Kier molecular flexibility index (Phi) is 4.97. The highest BCUT2D eigenvalue weighted by Crippen LogP contribution is 2.32. The first-order valence-corrected chi connectivity index (χ1v) is 9.33. The number of aromatic amines is 1. The van der Waals surface area contributed by atoms with Crippen molar-refractivity contribution in [1.29, 1.82) is 0 Å². The van der Waals surface area contributed by atoms with E-state index in [2.05, 4.69) is 20.5 Å². The van der Waals surface area contributed by atoms with Crippen molar-refractivity contribution >= 4 is 23.4 Å². The van der Waals surface area contributed by atoms with Crippen molar-refractivity contribution < 1.29 is 14.3 Å². The van der Waals surface area contributed by atoms with Crippen molar-refractivity contribution in [3.8, 4) is 11.5 Å². The Morgan fingerprint density at radius 2 is 2.00 bits per heavy atom. The van der Waals surface area contributed by atoms with E-state index in [9.17, 15) is 4.79 Å². The smallest absolute Gasteiger partial charge is 0.228 e. The van der Waals surface area contributed by atoms with E-state index in [1.807, 2.05) is 49.4 Å². The molecule has 1 amide bonds. The molecule has 8 heteroatoms. The number of hydrogen-bond donors (Lipinski definition) is 2. The zero-order chi connectivity index (χ0) is 18.6. The molecule has 3 aromatic rings. The average molecular weight is 382 g/mol. The van der Waals surface area contributed by atoms with E-state index in [-0.39, 0.29) is 12.3 Å². The fourth-order valence-corrected chi connectivity index (χ4v) is 3.55. The predicted molar refractivity (Wildman–Crippen MR) is 101 cm³/mol. The molecule has 1 aliphatic rings. The Balaban J connectivity index is 1.45. The standard InChI is InChI=1S/C19H18N4O3S/c1-12-20-19(23-22-12)27-17-5-3-2-4-14(17)21-18(24)11-13-6-7-15-16(10-13)26-9-8-25-15/h2-7,10H,8-9,11H2,1H3,(H,21,24)(H,20,22,23). The summed E-state index contributed by atoms with van der Waals surface area (Å²) >= 11 is 1.40. The number of benzene rings is 2. The lowest BCUT2D eigenvalue weighted by Crippen LogP contribution is -2.17. The number of amides is 1. The fraction of sp³-hybridized carbons (Fsp3) is 0.211. The largest absolute Gasteiger partial charge is 0.486 e. The Morgan fingerprint density at radius 1 is 1.19 bits per heavy atom. The van der Waals surface area contributed by atoms with Crippen LogP contribution in [0.25, 0.3) is 0 Å². The molecule has 0 bridgehead atoms. The van der Waals surface area contributed by atoms with E-state index in [4.69, 9.17) is 9.47 Å². The Hall–Kier alpha value is -3.00. The van der Waals surface area contributed by atoms with Gasteiger partial charge in [0.1, 0.15) is 19.0 Å². The number of rotatable bonds is 5. The number of fused-ring (bicyclic) bond motifs is 1. The minimum Gasteiger partial charge on any atom is -0.486 e. The van der Waals surface area contributed by atoms with E-state index in [0.717, 1.165) is 22.0 Å². The van der Waals surface area contributed by atoms with E-state index >= 15 is 0 Å². The monoisotopic (exact) mass is 382 g/mol. The van der Waals surface area contributed by atoms with Crippen LogP contribution < -0.4 is 14.8 Å². The van der Waals surface area contributed by atoms with Gasteiger partial charge in [0.15, 0.2) is 11.5 Å². The van der Waals surface area contributed by atoms with Gasteiger partial charge in [-0.2, -0.15) is 0 Å². The van der Waals surface area contributed by atoms with Crippen LogP contribution in [0.1, 0.15) is 11.4 Å². The zero-order valence-corrected chi connectivity index (χ0v) is 15.5. The lowest BCUT2D eigenvalue weighted by atomic mass is 10.1. The average Bonchev–Trinajstić information content (AvgIpc) is 3.08. The van der Waals surface area contributed by atoms with Gasteiger partial charge in [-0.05, 0) is 48.5 Å². The maximum atomic E-state index is 12.5. The molecular weight excluding hydrogens is 364 g/mol. The molecule has 0 unspecified atom stereocenters. The number of nitrogens with zero attached hydrogens (tertiary/aromatic N) is 2. The summed E-state index contributed by atoms with van der Waals surface area (Å²) in [7, 11) is 0.